The number of amides is 1. The van der Waals surface area contributed by atoms with Gasteiger partial charge in [-0.3, -0.25) is 4.79 Å². The van der Waals surface area contributed by atoms with E-state index in [4.69, 9.17) is 9.84 Å². The summed E-state index contributed by atoms with van der Waals surface area (Å²) in [6.07, 6.45) is 0. The number of nitrogens with one attached hydrogen (secondary N) is 1. The second-order valence-electron chi connectivity index (χ2n) is 6.62. The van der Waals surface area contributed by atoms with Gasteiger partial charge >= 0.3 is 5.97 Å². The number of carboxylic acids is 1. The van der Waals surface area contributed by atoms with Crippen LogP contribution in [-0.4, -0.2) is 23.6 Å². The molecule has 0 aliphatic rings. The first kappa shape index (κ1) is 19.0. The Bertz CT molecular complexity index is 796. The fourth-order valence-corrected chi connectivity index (χ4v) is 2.65. The number of carboxylic acid groups (broad SMARTS) is 1. The number of halogens is 1. The quantitative estimate of drug-likeness (QED) is 0.769. The van der Waals surface area contributed by atoms with Gasteiger partial charge in [-0.1, -0.05) is 32.9 Å². The van der Waals surface area contributed by atoms with Crippen molar-refractivity contribution in [3.8, 4) is 5.75 Å². The fourth-order valence-electron chi connectivity index (χ4n) is 2.15. The number of rotatable bonds is 5. The summed E-state index contributed by atoms with van der Waals surface area (Å²) in [6, 6.07) is 11.8. The zero-order valence-electron chi connectivity index (χ0n) is 14.3. The van der Waals surface area contributed by atoms with E-state index in [2.05, 4.69) is 42.0 Å². The molecular weight excluding hydrogens is 386 g/mol. The van der Waals surface area contributed by atoms with Crippen LogP contribution in [-0.2, 0) is 10.2 Å². The Morgan fingerprint density at radius 1 is 1.16 bits per heavy atom. The van der Waals surface area contributed by atoms with Gasteiger partial charge in [0.2, 0.25) is 0 Å². The molecule has 0 saturated carbocycles. The first-order valence-corrected chi connectivity index (χ1v) is 8.52. The van der Waals surface area contributed by atoms with Crippen molar-refractivity contribution >= 4 is 33.5 Å². The smallest absolute Gasteiger partial charge is 0.335 e. The topological polar surface area (TPSA) is 75.6 Å². The minimum Gasteiger partial charge on any atom is -0.483 e. The normalized spacial score (nSPS) is 11.0. The Kier molecular flexibility index (Phi) is 5.85. The molecule has 0 fully saturated rings. The first-order valence-electron chi connectivity index (χ1n) is 7.73. The Balaban J connectivity index is 1.98. The SMILES string of the molecule is CC(C)(C)c1ccc(OCC(=O)Nc2cccc(C(=O)O)c2)c(Br)c1. The van der Waals surface area contributed by atoms with Crippen LogP contribution in [0.1, 0.15) is 36.7 Å². The lowest BCUT2D eigenvalue weighted by Gasteiger charge is -2.20. The minimum absolute atomic E-state index is 0.0214. The van der Waals surface area contributed by atoms with Crippen LogP contribution in [0, 0.1) is 0 Å². The second-order valence-corrected chi connectivity index (χ2v) is 7.47. The van der Waals surface area contributed by atoms with Crippen LogP contribution in [0.25, 0.3) is 0 Å². The number of hydrogen-bond acceptors (Lipinski definition) is 3. The molecule has 0 saturated heterocycles. The van der Waals surface area contributed by atoms with Gasteiger partial charge in [-0.2, -0.15) is 0 Å². The predicted molar refractivity (Wildman–Crippen MR) is 100 cm³/mol. The van der Waals surface area contributed by atoms with Crippen molar-refractivity contribution in [3.05, 3.63) is 58.1 Å². The van der Waals surface area contributed by atoms with E-state index < -0.39 is 5.97 Å². The van der Waals surface area contributed by atoms with Gasteiger partial charge in [-0.05, 0) is 57.2 Å². The summed E-state index contributed by atoms with van der Waals surface area (Å²) in [7, 11) is 0. The van der Waals surface area contributed by atoms with Crippen LogP contribution >= 0.6 is 15.9 Å². The van der Waals surface area contributed by atoms with Crippen LogP contribution < -0.4 is 10.1 Å². The summed E-state index contributed by atoms with van der Waals surface area (Å²) < 4.78 is 6.32. The highest BCUT2D eigenvalue weighted by atomic mass is 79.9. The zero-order chi connectivity index (χ0) is 18.6. The number of ether oxygens (including phenoxy) is 1. The molecule has 132 valence electrons. The van der Waals surface area contributed by atoms with Crippen molar-refractivity contribution in [1.29, 1.82) is 0 Å². The van der Waals surface area contributed by atoms with Gasteiger partial charge in [0.15, 0.2) is 6.61 Å². The van der Waals surface area contributed by atoms with Crippen molar-refractivity contribution in [1.82, 2.24) is 0 Å². The van der Waals surface area contributed by atoms with Crippen LogP contribution in [0.5, 0.6) is 5.75 Å². The molecule has 0 bridgehead atoms. The van der Waals surface area contributed by atoms with E-state index in [0.29, 0.717) is 11.4 Å². The molecule has 1 amide bonds. The molecule has 0 spiro atoms. The fraction of sp³-hybridized carbons (Fsp3) is 0.263. The second kappa shape index (κ2) is 7.70. The van der Waals surface area contributed by atoms with E-state index in [1.165, 1.54) is 12.1 Å². The molecule has 0 aliphatic carbocycles. The molecule has 0 aliphatic heterocycles. The highest BCUT2D eigenvalue weighted by molar-refractivity contribution is 9.10. The van der Waals surface area contributed by atoms with E-state index in [9.17, 15) is 9.59 Å². The Morgan fingerprint density at radius 2 is 1.88 bits per heavy atom. The van der Waals surface area contributed by atoms with Crippen LogP contribution in [0.2, 0.25) is 0 Å². The molecule has 2 aromatic rings. The number of anilines is 1. The standard InChI is InChI=1S/C19H20BrNO4/c1-19(2,3)13-7-8-16(15(20)10-13)25-11-17(22)21-14-6-4-5-12(9-14)18(23)24/h4-10H,11H2,1-3H3,(H,21,22)(H,23,24). The number of aromatic carboxylic acids is 1. The molecule has 5 nitrogen and oxygen atoms in total. The summed E-state index contributed by atoms with van der Waals surface area (Å²) in [5.41, 5.74) is 1.70. The Labute approximate surface area is 155 Å². The van der Waals surface area contributed by atoms with Gasteiger partial charge in [0.05, 0.1) is 10.0 Å². The number of hydrogen-bond donors (Lipinski definition) is 2. The molecule has 0 heterocycles. The van der Waals surface area contributed by atoms with E-state index >= 15 is 0 Å². The van der Waals surface area contributed by atoms with E-state index in [1.54, 1.807) is 12.1 Å². The molecule has 2 rings (SSSR count). The molecule has 0 unspecified atom stereocenters. The third-order valence-corrected chi connectivity index (χ3v) is 4.17. The lowest BCUT2D eigenvalue weighted by atomic mass is 9.87. The molecular formula is C19H20BrNO4. The molecule has 0 aromatic heterocycles. The van der Waals surface area contributed by atoms with Crippen molar-refractivity contribution in [2.24, 2.45) is 0 Å². The summed E-state index contributed by atoms with van der Waals surface area (Å²) >= 11 is 3.46. The molecule has 0 atom stereocenters. The van der Waals surface area contributed by atoms with Gasteiger partial charge in [0.1, 0.15) is 5.75 Å². The van der Waals surface area contributed by atoms with E-state index in [-0.39, 0.29) is 23.5 Å². The molecule has 6 heteroatoms. The van der Waals surface area contributed by atoms with Crippen molar-refractivity contribution in [2.45, 2.75) is 26.2 Å². The maximum Gasteiger partial charge on any atom is 0.335 e. The minimum atomic E-state index is -1.05. The van der Waals surface area contributed by atoms with Crippen LogP contribution in [0.3, 0.4) is 0 Å². The third kappa shape index (κ3) is 5.32. The van der Waals surface area contributed by atoms with E-state index in [1.807, 2.05) is 18.2 Å². The van der Waals surface area contributed by atoms with E-state index in [0.717, 1.165) is 10.0 Å². The average Bonchev–Trinajstić information content (AvgIpc) is 2.53. The summed E-state index contributed by atoms with van der Waals surface area (Å²) in [5, 5.41) is 11.6. The van der Waals surface area contributed by atoms with Gasteiger partial charge in [-0.15, -0.1) is 0 Å². The highest BCUT2D eigenvalue weighted by Gasteiger charge is 2.15. The largest absolute Gasteiger partial charge is 0.483 e. The predicted octanol–water partition coefficient (Wildman–Crippen LogP) is 4.46. The lowest BCUT2D eigenvalue weighted by molar-refractivity contribution is -0.118. The first-order chi connectivity index (χ1) is 11.7. The number of benzene rings is 2. The maximum atomic E-state index is 12.0. The summed E-state index contributed by atoms with van der Waals surface area (Å²) in [4.78, 5) is 22.9. The molecule has 0 radical (unpaired) electrons. The van der Waals surface area contributed by atoms with Crippen molar-refractivity contribution in [3.63, 3.8) is 0 Å². The average molecular weight is 406 g/mol. The van der Waals surface area contributed by atoms with Crippen molar-refractivity contribution < 1.29 is 19.4 Å². The Morgan fingerprint density at radius 3 is 2.48 bits per heavy atom. The zero-order valence-corrected chi connectivity index (χ0v) is 15.9. The highest BCUT2D eigenvalue weighted by Crippen LogP contribution is 2.31. The molecule has 2 aromatic carbocycles. The molecule has 2 N–H and O–H groups in total. The van der Waals surface area contributed by atoms with Gasteiger partial charge < -0.3 is 15.2 Å². The maximum absolute atomic E-state index is 12.0. The van der Waals surface area contributed by atoms with Crippen LogP contribution in [0.4, 0.5) is 5.69 Å². The van der Waals surface area contributed by atoms with Crippen molar-refractivity contribution in [2.75, 3.05) is 11.9 Å². The number of carbonyl (C=O) groups is 2. The molecule has 25 heavy (non-hydrogen) atoms. The van der Waals surface area contributed by atoms with Gasteiger partial charge in [0.25, 0.3) is 5.91 Å². The van der Waals surface area contributed by atoms with Crippen LogP contribution in [0.15, 0.2) is 46.9 Å². The summed E-state index contributed by atoms with van der Waals surface area (Å²) in [6.45, 7) is 6.18. The monoisotopic (exact) mass is 405 g/mol. The Hall–Kier alpha value is -2.34. The number of carbonyl (C=O) groups excluding carboxylic acids is 1. The summed E-state index contributed by atoms with van der Waals surface area (Å²) in [5.74, 6) is -0.841. The van der Waals surface area contributed by atoms with Gasteiger partial charge in [-0.25, -0.2) is 4.79 Å². The lowest BCUT2D eigenvalue weighted by Crippen LogP contribution is -2.20. The van der Waals surface area contributed by atoms with Gasteiger partial charge in [0, 0.05) is 5.69 Å². The third-order valence-electron chi connectivity index (χ3n) is 3.55.